The van der Waals surface area contributed by atoms with E-state index in [1.165, 1.54) is 16.6 Å². The Morgan fingerprint density at radius 1 is 0.382 bits per heavy atom. The normalized spacial score (nSPS) is 15.0. The molecule has 2 aliphatic rings. The Morgan fingerprint density at radius 3 is 1.68 bits per heavy atom. The standard InChI is InChI=1S/C68H42N6O2/c1-5-17-41(18-6-1)66-70-67(42-19-7-2-8-20-42)72-68(71-66)56-35-45(43-29-31-61-52(33-43)54-36-50-48-25-13-15-27-57(48)73(46-21-9-3-10-22-46)59(50)38-63(54)75-61)40-69-65(56)44-30-32-62-53(34-44)55-37-51-49-26-14-16-28-58(49)74(47-23-11-4-12-24-47)60(51)39-64(55)76-62/h1-40,48,57H. The zero-order chi connectivity index (χ0) is 49.8. The van der Waals surface area contributed by atoms with Crippen molar-refractivity contribution in [2.75, 3.05) is 4.90 Å². The number of rotatable bonds is 7. The number of allylic oxidation sites excluding steroid dienone is 2. The molecule has 0 saturated heterocycles. The van der Waals surface area contributed by atoms with E-state index in [9.17, 15) is 0 Å². The molecule has 0 bridgehead atoms. The van der Waals surface area contributed by atoms with Crippen molar-refractivity contribution < 1.29 is 8.83 Å². The van der Waals surface area contributed by atoms with Gasteiger partial charge in [-0.2, -0.15) is 0 Å². The Kier molecular flexibility index (Phi) is 9.29. The first-order chi connectivity index (χ1) is 37.6. The molecule has 2 atom stereocenters. The number of hydrogen-bond donors (Lipinski definition) is 0. The fourth-order valence-corrected chi connectivity index (χ4v) is 11.9. The van der Waals surface area contributed by atoms with Crippen LogP contribution in [0, 0.1) is 0 Å². The zero-order valence-corrected chi connectivity index (χ0v) is 40.7. The van der Waals surface area contributed by atoms with E-state index in [4.69, 9.17) is 28.8 Å². The molecule has 0 saturated carbocycles. The average molecular weight is 975 g/mol. The lowest BCUT2D eigenvalue weighted by Gasteiger charge is -2.28. The first-order valence-electron chi connectivity index (χ1n) is 25.7. The van der Waals surface area contributed by atoms with Gasteiger partial charge in [0.05, 0.1) is 22.8 Å². The Labute approximate surface area is 435 Å². The number of fused-ring (bicyclic) bond motifs is 12. The molecule has 9 aromatic carbocycles. The van der Waals surface area contributed by atoms with Crippen LogP contribution in [0.25, 0.3) is 128 Å². The summed E-state index contributed by atoms with van der Waals surface area (Å²) in [6.07, 6.45) is 10.9. The average Bonchev–Trinajstić information content (AvgIpc) is 4.23. The van der Waals surface area contributed by atoms with Crippen LogP contribution in [0.3, 0.4) is 0 Å². The van der Waals surface area contributed by atoms with Crippen molar-refractivity contribution in [1.29, 1.82) is 0 Å². The number of benzene rings is 9. The molecule has 6 heterocycles. The number of aromatic nitrogens is 5. The molecule has 5 aromatic heterocycles. The van der Waals surface area contributed by atoms with Crippen LogP contribution < -0.4 is 4.90 Å². The molecule has 0 amide bonds. The predicted molar refractivity (Wildman–Crippen MR) is 307 cm³/mol. The van der Waals surface area contributed by atoms with E-state index in [2.05, 4.69) is 185 Å². The van der Waals surface area contributed by atoms with Crippen LogP contribution in [-0.2, 0) is 0 Å². The predicted octanol–water partition coefficient (Wildman–Crippen LogP) is 17.2. The van der Waals surface area contributed by atoms with Crippen molar-refractivity contribution in [2.45, 2.75) is 12.0 Å². The van der Waals surface area contributed by atoms with Gasteiger partial charge in [0.1, 0.15) is 22.3 Å². The molecular formula is C68H42N6O2. The van der Waals surface area contributed by atoms with Crippen LogP contribution in [0.5, 0.6) is 0 Å². The summed E-state index contributed by atoms with van der Waals surface area (Å²) in [4.78, 5) is 23.5. The molecule has 76 heavy (non-hydrogen) atoms. The van der Waals surface area contributed by atoms with Crippen molar-refractivity contribution in [3.63, 3.8) is 0 Å². The lowest BCUT2D eigenvalue weighted by atomic mass is 9.90. The number of para-hydroxylation sites is 3. The Morgan fingerprint density at radius 2 is 0.961 bits per heavy atom. The Hall–Kier alpha value is -10.2. The van der Waals surface area contributed by atoms with Gasteiger partial charge >= 0.3 is 0 Å². The molecule has 2 unspecified atom stereocenters. The van der Waals surface area contributed by atoms with E-state index in [0.29, 0.717) is 17.5 Å². The van der Waals surface area contributed by atoms with Crippen LogP contribution in [-0.4, -0.2) is 30.5 Å². The second-order valence-corrected chi connectivity index (χ2v) is 19.7. The molecule has 16 rings (SSSR count). The molecule has 8 heteroatoms. The molecule has 0 spiro atoms. The SMILES string of the molecule is C1=CC2c3cc4c(cc3N(c3ccccc3)C2C=C1)oc1ccc(-c2cnc(-c3ccc5oc6cc7c(cc6c5c3)c3ccccc3n7-c3ccccc3)c(-c3nc(-c5ccccc5)nc(-c5ccccc5)n3)c2)cc14. The summed E-state index contributed by atoms with van der Waals surface area (Å²) in [6, 6.07) is 74.2. The third-order valence-corrected chi connectivity index (χ3v) is 15.4. The minimum absolute atomic E-state index is 0.177. The maximum Gasteiger partial charge on any atom is 0.166 e. The molecule has 8 nitrogen and oxygen atoms in total. The summed E-state index contributed by atoms with van der Waals surface area (Å²) < 4.78 is 15.7. The van der Waals surface area contributed by atoms with Crippen LogP contribution in [0.4, 0.5) is 11.4 Å². The van der Waals surface area contributed by atoms with Gasteiger partial charge in [-0.05, 0) is 90.0 Å². The smallest absolute Gasteiger partial charge is 0.166 e. The fraction of sp³-hybridized carbons (Fsp3) is 0.0294. The number of nitrogens with zero attached hydrogens (tertiary/aromatic N) is 6. The summed E-state index contributed by atoms with van der Waals surface area (Å²) in [5.41, 5.74) is 16.3. The monoisotopic (exact) mass is 974 g/mol. The van der Waals surface area contributed by atoms with Crippen molar-refractivity contribution in [2.24, 2.45) is 0 Å². The van der Waals surface area contributed by atoms with Gasteiger partial charge in [0.2, 0.25) is 0 Å². The molecule has 1 aliphatic carbocycles. The summed E-state index contributed by atoms with van der Waals surface area (Å²) >= 11 is 0. The third kappa shape index (κ3) is 6.64. The maximum atomic E-state index is 6.71. The molecule has 356 valence electrons. The molecule has 0 N–H and O–H groups in total. The van der Waals surface area contributed by atoms with E-state index in [1.807, 2.05) is 66.9 Å². The quantitative estimate of drug-likeness (QED) is 0.157. The summed E-state index contributed by atoms with van der Waals surface area (Å²) in [7, 11) is 0. The van der Waals surface area contributed by atoms with Crippen LogP contribution >= 0.6 is 0 Å². The van der Waals surface area contributed by atoms with Gasteiger partial charge < -0.3 is 18.3 Å². The van der Waals surface area contributed by atoms with Gasteiger partial charge in [-0.15, -0.1) is 0 Å². The molecular weight excluding hydrogens is 933 g/mol. The molecule has 0 fully saturated rings. The van der Waals surface area contributed by atoms with Gasteiger partial charge in [-0.3, -0.25) is 4.98 Å². The third-order valence-electron chi connectivity index (χ3n) is 15.4. The van der Waals surface area contributed by atoms with Crippen molar-refractivity contribution in [3.05, 3.63) is 248 Å². The van der Waals surface area contributed by atoms with E-state index in [-0.39, 0.29) is 12.0 Å². The van der Waals surface area contributed by atoms with E-state index >= 15 is 0 Å². The van der Waals surface area contributed by atoms with Gasteiger partial charge in [0, 0.05) is 101 Å². The summed E-state index contributed by atoms with van der Waals surface area (Å²) in [6.45, 7) is 0. The van der Waals surface area contributed by atoms with Crippen molar-refractivity contribution >= 4 is 77.1 Å². The minimum Gasteiger partial charge on any atom is -0.456 e. The van der Waals surface area contributed by atoms with Gasteiger partial charge in [-0.1, -0.05) is 146 Å². The number of pyridine rings is 1. The second-order valence-electron chi connectivity index (χ2n) is 19.7. The summed E-state index contributed by atoms with van der Waals surface area (Å²) in [5, 5.41) is 6.49. The molecule has 1 aliphatic heterocycles. The highest BCUT2D eigenvalue weighted by atomic mass is 16.3. The van der Waals surface area contributed by atoms with Gasteiger partial charge in [0.15, 0.2) is 17.5 Å². The van der Waals surface area contributed by atoms with Crippen molar-refractivity contribution in [3.8, 4) is 62.2 Å². The number of furan rings is 2. The maximum absolute atomic E-state index is 6.71. The van der Waals surface area contributed by atoms with Gasteiger partial charge in [-0.25, -0.2) is 15.0 Å². The van der Waals surface area contributed by atoms with Crippen LogP contribution in [0.15, 0.2) is 252 Å². The molecule has 0 radical (unpaired) electrons. The van der Waals surface area contributed by atoms with Gasteiger partial charge in [0.25, 0.3) is 0 Å². The minimum atomic E-state index is 0.177. The van der Waals surface area contributed by atoms with E-state index in [0.717, 1.165) is 111 Å². The topological polar surface area (TPSA) is 86.0 Å². The highest BCUT2D eigenvalue weighted by Crippen LogP contribution is 2.51. The Bertz CT molecular complexity index is 4650. The summed E-state index contributed by atoms with van der Waals surface area (Å²) in [5.74, 6) is 1.87. The zero-order valence-electron chi connectivity index (χ0n) is 40.7. The highest BCUT2D eigenvalue weighted by Gasteiger charge is 2.38. The number of anilines is 2. The lowest BCUT2D eigenvalue weighted by molar-refractivity contribution is 0.668. The van der Waals surface area contributed by atoms with E-state index in [1.54, 1.807) is 0 Å². The lowest BCUT2D eigenvalue weighted by Crippen LogP contribution is -2.28. The fourth-order valence-electron chi connectivity index (χ4n) is 11.9. The number of hydrogen-bond acceptors (Lipinski definition) is 7. The second kappa shape index (κ2) is 16.7. The van der Waals surface area contributed by atoms with Crippen LogP contribution in [0.1, 0.15) is 11.5 Å². The highest BCUT2D eigenvalue weighted by molar-refractivity contribution is 6.18. The Balaban J connectivity index is 0.884. The van der Waals surface area contributed by atoms with Crippen LogP contribution in [0.2, 0.25) is 0 Å². The first-order valence-corrected chi connectivity index (χ1v) is 25.7. The van der Waals surface area contributed by atoms with Crippen molar-refractivity contribution in [1.82, 2.24) is 24.5 Å². The van der Waals surface area contributed by atoms with E-state index < -0.39 is 0 Å². The first kappa shape index (κ1) is 42.3. The largest absolute Gasteiger partial charge is 0.456 e. The molecule has 14 aromatic rings.